The van der Waals surface area contributed by atoms with Crippen molar-refractivity contribution in [1.82, 2.24) is 4.98 Å². The second-order valence-electron chi connectivity index (χ2n) is 8.32. The molecule has 0 bridgehead atoms. The number of rotatable bonds is 9. The standard InChI is InChI=1S/C25H27N3O4S/c1-32-21-9-5-2-6-18(21)14-22-23(19-7-3-4-8-20(19)28-31)27-25(33-22)26-15-16-10-12-17(13-11-16)24(29)30/h2-9,16-17H,10-15H2,1H3,(H,26,27)(H,29,30). The molecule has 0 saturated heterocycles. The highest BCUT2D eigenvalue weighted by Gasteiger charge is 2.26. The molecule has 1 heterocycles. The van der Waals surface area contributed by atoms with Crippen molar-refractivity contribution in [2.75, 3.05) is 19.0 Å². The molecule has 172 valence electrons. The molecule has 2 aromatic carbocycles. The summed E-state index contributed by atoms with van der Waals surface area (Å²) in [5.41, 5.74) is 2.87. The summed E-state index contributed by atoms with van der Waals surface area (Å²) in [5, 5.41) is 16.7. The van der Waals surface area contributed by atoms with E-state index in [0.29, 0.717) is 23.6 Å². The lowest BCUT2D eigenvalue weighted by Gasteiger charge is -2.26. The Hall–Kier alpha value is -3.26. The second kappa shape index (κ2) is 10.6. The van der Waals surface area contributed by atoms with Crippen molar-refractivity contribution in [2.45, 2.75) is 32.1 Å². The van der Waals surface area contributed by atoms with Crippen molar-refractivity contribution >= 4 is 28.1 Å². The van der Waals surface area contributed by atoms with Gasteiger partial charge in [-0.05, 0) is 54.5 Å². The Bertz CT molecular complexity index is 1120. The van der Waals surface area contributed by atoms with Crippen molar-refractivity contribution in [3.05, 3.63) is 63.9 Å². The fraction of sp³-hybridized carbons (Fsp3) is 0.360. The molecular weight excluding hydrogens is 438 g/mol. The van der Waals surface area contributed by atoms with Gasteiger partial charge in [-0.15, -0.1) is 16.2 Å². The lowest BCUT2D eigenvalue weighted by Crippen LogP contribution is -2.25. The Labute approximate surface area is 196 Å². The predicted octanol–water partition coefficient (Wildman–Crippen LogP) is 6.11. The van der Waals surface area contributed by atoms with Gasteiger partial charge in [0.25, 0.3) is 0 Å². The minimum Gasteiger partial charge on any atom is -0.496 e. The molecule has 1 aliphatic rings. The topological polar surface area (TPSA) is 101 Å². The minimum absolute atomic E-state index is 0.215. The first-order valence-corrected chi connectivity index (χ1v) is 11.9. The van der Waals surface area contributed by atoms with Crippen LogP contribution in [0, 0.1) is 16.7 Å². The number of thiazole rings is 1. The van der Waals surface area contributed by atoms with Crippen molar-refractivity contribution < 1.29 is 14.6 Å². The number of carboxylic acid groups (broad SMARTS) is 1. The van der Waals surface area contributed by atoms with E-state index in [-0.39, 0.29) is 5.92 Å². The molecule has 1 saturated carbocycles. The molecule has 33 heavy (non-hydrogen) atoms. The molecule has 1 aromatic heterocycles. The van der Waals surface area contributed by atoms with Crippen LogP contribution in [0.2, 0.25) is 0 Å². The number of aliphatic carboxylic acids is 1. The molecule has 0 unspecified atom stereocenters. The van der Waals surface area contributed by atoms with Gasteiger partial charge in [0.1, 0.15) is 11.4 Å². The van der Waals surface area contributed by atoms with E-state index in [1.807, 2.05) is 36.4 Å². The zero-order valence-electron chi connectivity index (χ0n) is 18.5. The Morgan fingerprint density at radius 2 is 1.88 bits per heavy atom. The molecule has 8 heteroatoms. The number of para-hydroxylation sites is 1. The molecule has 0 radical (unpaired) electrons. The molecule has 0 spiro atoms. The first kappa shape index (κ1) is 22.9. The van der Waals surface area contributed by atoms with Gasteiger partial charge in [0, 0.05) is 23.4 Å². The first-order chi connectivity index (χ1) is 16.1. The Balaban J connectivity index is 1.57. The summed E-state index contributed by atoms with van der Waals surface area (Å²) in [6.45, 7) is 0.751. The van der Waals surface area contributed by atoms with Crippen LogP contribution in [0.4, 0.5) is 10.8 Å². The molecule has 7 nitrogen and oxygen atoms in total. The summed E-state index contributed by atoms with van der Waals surface area (Å²) in [6, 6.07) is 15.1. The van der Waals surface area contributed by atoms with Crippen LogP contribution in [0.3, 0.4) is 0 Å². The lowest BCUT2D eigenvalue weighted by atomic mass is 9.82. The molecule has 1 aliphatic carbocycles. The Morgan fingerprint density at radius 1 is 1.15 bits per heavy atom. The van der Waals surface area contributed by atoms with Crippen LogP contribution in [0.1, 0.15) is 36.1 Å². The number of benzene rings is 2. The van der Waals surface area contributed by atoms with Crippen molar-refractivity contribution in [1.29, 1.82) is 0 Å². The minimum atomic E-state index is -0.686. The molecule has 0 amide bonds. The van der Waals surface area contributed by atoms with Gasteiger partial charge in [-0.25, -0.2) is 4.98 Å². The smallest absolute Gasteiger partial charge is 0.306 e. The average Bonchev–Trinajstić information content (AvgIpc) is 3.25. The average molecular weight is 466 g/mol. The lowest BCUT2D eigenvalue weighted by molar-refractivity contribution is -0.143. The van der Waals surface area contributed by atoms with E-state index >= 15 is 0 Å². The van der Waals surface area contributed by atoms with E-state index in [1.165, 1.54) is 0 Å². The molecule has 0 aliphatic heterocycles. The van der Waals surface area contributed by atoms with E-state index in [4.69, 9.17) is 9.72 Å². The van der Waals surface area contributed by atoms with Crippen molar-refractivity contribution in [2.24, 2.45) is 17.0 Å². The van der Waals surface area contributed by atoms with Gasteiger partial charge >= 0.3 is 5.97 Å². The zero-order chi connectivity index (χ0) is 23.2. The Kier molecular flexibility index (Phi) is 7.34. The number of aromatic nitrogens is 1. The first-order valence-electron chi connectivity index (χ1n) is 11.1. The SMILES string of the molecule is COc1ccccc1Cc1sc(NCC2CCC(C(=O)O)CC2)nc1-c1ccccc1N=O. The zero-order valence-corrected chi connectivity index (χ0v) is 19.3. The maximum absolute atomic E-state index is 11.4. The van der Waals surface area contributed by atoms with Gasteiger partial charge < -0.3 is 15.2 Å². The number of nitrogens with one attached hydrogen (secondary N) is 1. The molecule has 1 fully saturated rings. The number of methoxy groups -OCH3 is 1. The number of ether oxygens (including phenoxy) is 1. The summed E-state index contributed by atoms with van der Waals surface area (Å²) >= 11 is 1.57. The van der Waals surface area contributed by atoms with Gasteiger partial charge in [-0.3, -0.25) is 4.79 Å². The van der Waals surface area contributed by atoms with E-state index in [9.17, 15) is 14.8 Å². The van der Waals surface area contributed by atoms with Crippen molar-refractivity contribution in [3.8, 4) is 17.0 Å². The highest BCUT2D eigenvalue weighted by Crippen LogP contribution is 2.39. The van der Waals surface area contributed by atoms with Gasteiger partial charge in [-0.1, -0.05) is 36.4 Å². The molecule has 0 atom stereocenters. The monoisotopic (exact) mass is 465 g/mol. The van der Waals surface area contributed by atoms with Crippen molar-refractivity contribution in [3.63, 3.8) is 0 Å². The molecular formula is C25H27N3O4S. The highest BCUT2D eigenvalue weighted by atomic mass is 32.1. The van der Waals surface area contributed by atoms with E-state index in [0.717, 1.165) is 59.2 Å². The third-order valence-electron chi connectivity index (χ3n) is 6.24. The van der Waals surface area contributed by atoms with E-state index in [1.54, 1.807) is 30.6 Å². The maximum atomic E-state index is 11.4. The van der Waals surface area contributed by atoms with E-state index < -0.39 is 5.97 Å². The number of nitrogens with zero attached hydrogens (tertiary/aromatic N) is 2. The van der Waals surface area contributed by atoms with Gasteiger partial charge in [-0.2, -0.15) is 0 Å². The molecule has 4 rings (SSSR count). The van der Waals surface area contributed by atoms with Gasteiger partial charge in [0.15, 0.2) is 5.13 Å². The van der Waals surface area contributed by atoms with Crippen LogP contribution < -0.4 is 10.1 Å². The third kappa shape index (κ3) is 5.39. The fourth-order valence-corrected chi connectivity index (χ4v) is 5.38. The van der Waals surface area contributed by atoms with Crippen LogP contribution in [0.5, 0.6) is 5.75 Å². The van der Waals surface area contributed by atoms with Crippen LogP contribution in [0.15, 0.2) is 53.7 Å². The number of anilines is 1. The number of carboxylic acids is 1. The molecule has 3 aromatic rings. The Morgan fingerprint density at radius 3 is 2.61 bits per heavy atom. The molecule has 2 N–H and O–H groups in total. The number of nitroso groups, excluding NO2 is 1. The summed E-state index contributed by atoms with van der Waals surface area (Å²) in [5.74, 6) is 0.333. The number of carbonyl (C=O) groups is 1. The van der Waals surface area contributed by atoms with Gasteiger partial charge in [0.05, 0.1) is 18.7 Å². The second-order valence-corrected chi connectivity index (χ2v) is 9.41. The van der Waals surface area contributed by atoms with Crippen LogP contribution in [-0.2, 0) is 11.2 Å². The number of hydrogen-bond donors (Lipinski definition) is 2. The van der Waals surface area contributed by atoms with Crippen LogP contribution in [0.25, 0.3) is 11.3 Å². The summed E-state index contributed by atoms with van der Waals surface area (Å²) in [6.07, 6.45) is 3.86. The fourth-order valence-electron chi connectivity index (χ4n) is 4.38. The quantitative estimate of drug-likeness (QED) is 0.370. The highest BCUT2D eigenvalue weighted by molar-refractivity contribution is 7.16. The predicted molar refractivity (Wildman–Crippen MR) is 130 cm³/mol. The summed E-state index contributed by atoms with van der Waals surface area (Å²) in [7, 11) is 1.66. The summed E-state index contributed by atoms with van der Waals surface area (Å²) in [4.78, 5) is 28.5. The third-order valence-corrected chi connectivity index (χ3v) is 7.25. The normalized spacial score (nSPS) is 18.0. The summed E-state index contributed by atoms with van der Waals surface area (Å²) < 4.78 is 5.53. The van der Waals surface area contributed by atoms with Crippen LogP contribution in [-0.4, -0.2) is 29.7 Å². The van der Waals surface area contributed by atoms with E-state index in [2.05, 4.69) is 10.5 Å². The maximum Gasteiger partial charge on any atom is 0.306 e. The van der Waals surface area contributed by atoms with Gasteiger partial charge in [0.2, 0.25) is 0 Å². The van der Waals surface area contributed by atoms with Crippen LogP contribution >= 0.6 is 11.3 Å². The largest absolute Gasteiger partial charge is 0.496 e. The number of hydrogen-bond acceptors (Lipinski definition) is 7.